The van der Waals surface area contributed by atoms with Gasteiger partial charge in [-0.3, -0.25) is 0 Å². The van der Waals surface area contributed by atoms with Crippen LogP contribution in [0.5, 0.6) is 0 Å². The fraction of sp³-hybridized carbons (Fsp3) is 0.385. The van der Waals surface area contributed by atoms with Gasteiger partial charge in [0.15, 0.2) is 5.82 Å². The largest absolute Gasteiger partial charge is 0.396 e. The molecule has 0 aliphatic rings. The van der Waals surface area contributed by atoms with Crippen LogP contribution < -0.4 is 11.5 Å². The Hall–Kier alpha value is -1.55. The summed E-state index contributed by atoms with van der Waals surface area (Å²) in [6.07, 6.45) is 1.71. The fourth-order valence-electron chi connectivity index (χ4n) is 1.66. The van der Waals surface area contributed by atoms with Gasteiger partial charge in [0.2, 0.25) is 0 Å². The quantitative estimate of drug-likeness (QED) is 0.626. The minimum absolute atomic E-state index is 0.116. The van der Waals surface area contributed by atoms with Crippen LogP contribution in [0.25, 0.3) is 5.57 Å². The van der Waals surface area contributed by atoms with Crippen LogP contribution in [0.2, 0.25) is 0 Å². The monoisotopic (exact) mass is 237 g/mol. The first-order chi connectivity index (χ1) is 7.84. The number of nitrogens with two attached hydrogens (primary N) is 2. The standard InChI is InChI=1S/C13H20FN3/c1-8-5-6-11(16)13(14)12(8)9(2)7-17(4)10(3)15/h5-7,10H,15-16H2,1-4H3/b9-7+. The molecule has 17 heavy (non-hydrogen) atoms. The molecule has 4 N–H and O–H groups in total. The first-order valence-corrected chi connectivity index (χ1v) is 5.55. The second-order valence-electron chi connectivity index (χ2n) is 4.38. The molecule has 94 valence electrons. The van der Waals surface area contributed by atoms with Gasteiger partial charge in [0.25, 0.3) is 0 Å². The van der Waals surface area contributed by atoms with Crippen molar-refractivity contribution in [1.82, 2.24) is 4.90 Å². The summed E-state index contributed by atoms with van der Waals surface area (Å²) in [4.78, 5) is 1.83. The van der Waals surface area contributed by atoms with Crippen molar-refractivity contribution in [3.63, 3.8) is 0 Å². The van der Waals surface area contributed by atoms with Gasteiger partial charge >= 0.3 is 0 Å². The number of hydrogen-bond donors (Lipinski definition) is 2. The van der Waals surface area contributed by atoms with Crippen LogP contribution in [0.15, 0.2) is 18.3 Å². The number of halogens is 1. The highest BCUT2D eigenvalue weighted by Crippen LogP contribution is 2.26. The van der Waals surface area contributed by atoms with E-state index in [0.717, 1.165) is 11.1 Å². The second-order valence-corrected chi connectivity index (χ2v) is 4.38. The highest BCUT2D eigenvalue weighted by Gasteiger charge is 2.11. The lowest BCUT2D eigenvalue weighted by molar-refractivity contribution is 0.362. The molecular formula is C13H20FN3. The van der Waals surface area contributed by atoms with Crippen molar-refractivity contribution in [3.05, 3.63) is 35.3 Å². The molecule has 1 atom stereocenters. The molecule has 1 rings (SSSR count). The molecule has 0 aliphatic carbocycles. The summed E-state index contributed by atoms with van der Waals surface area (Å²) in [5, 5.41) is 0. The third-order valence-electron chi connectivity index (χ3n) is 2.81. The second kappa shape index (κ2) is 5.19. The highest BCUT2D eigenvalue weighted by atomic mass is 19.1. The summed E-state index contributed by atoms with van der Waals surface area (Å²) >= 11 is 0. The maximum atomic E-state index is 13.9. The van der Waals surface area contributed by atoms with E-state index in [1.54, 1.807) is 6.07 Å². The van der Waals surface area contributed by atoms with Crippen LogP contribution in [0.3, 0.4) is 0 Å². The Morgan fingerprint density at radius 2 is 2.06 bits per heavy atom. The minimum Gasteiger partial charge on any atom is -0.396 e. The molecule has 1 unspecified atom stereocenters. The van der Waals surface area contributed by atoms with Gasteiger partial charge in [0.05, 0.1) is 11.9 Å². The van der Waals surface area contributed by atoms with Crippen molar-refractivity contribution in [2.45, 2.75) is 26.9 Å². The zero-order chi connectivity index (χ0) is 13.2. The molecule has 0 bridgehead atoms. The van der Waals surface area contributed by atoms with Crippen LogP contribution in [0.1, 0.15) is 25.0 Å². The van der Waals surface area contributed by atoms with Gasteiger partial charge in [0.1, 0.15) is 0 Å². The summed E-state index contributed by atoms with van der Waals surface area (Å²) in [6.45, 7) is 5.58. The van der Waals surface area contributed by atoms with Gasteiger partial charge < -0.3 is 16.4 Å². The fourth-order valence-corrected chi connectivity index (χ4v) is 1.66. The van der Waals surface area contributed by atoms with E-state index >= 15 is 0 Å². The van der Waals surface area contributed by atoms with Crippen molar-refractivity contribution in [3.8, 4) is 0 Å². The molecule has 0 saturated heterocycles. The number of hydrogen-bond acceptors (Lipinski definition) is 3. The number of anilines is 1. The number of allylic oxidation sites excluding steroid dienone is 1. The van der Waals surface area contributed by atoms with E-state index in [1.807, 2.05) is 45.0 Å². The topological polar surface area (TPSA) is 55.3 Å². The van der Waals surface area contributed by atoms with E-state index < -0.39 is 0 Å². The first kappa shape index (κ1) is 13.5. The Balaban J connectivity index is 3.21. The normalized spacial score (nSPS) is 13.6. The molecule has 0 spiro atoms. The predicted molar refractivity (Wildman–Crippen MR) is 70.6 cm³/mol. The molecule has 0 amide bonds. The zero-order valence-corrected chi connectivity index (χ0v) is 10.8. The average molecular weight is 237 g/mol. The highest BCUT2D eigenvalue weighted by molar-refractivity contribution is 5.70. The third kappa shape index (κ3) is 2.97. The molecular weight excluding hydrogens is 217 g/mol. The van der Waals surface area contributed by atoms with E-state index in [9.17, 15) is 4.39 Å². The van der Waals surface area contributed by atoms with Crippen LogP contribution in [-0.2, 0) is 0 Å². The third-order valence-corrected chi connectivity index (χ3v) is 2.81. The Bertz CT molecular complexity index is 439. The van der Waals surface area contributed by atoms with Crippen molar-refractivity contribution in [2.24, 2.45) is 5.73 Å². The summed E-state index contributed by atoms with van der Waals surface area (Å²) in [5.74, 6) is -0.364. The minimum atomic E-state index is -0.364. The van der Waals surface area contributed by atoms with E-state index in [1.165, 1.54) is 0 Å². The smallest absolute Gasteiger partial charge is 0.153 e. The first-order valence-electron chi connectivity index (χ1n) is 5.55. The van der Waals surface area contributed by atoms with Crippen LogP contribution >= 0.6 is 0 Å². The molecule has 0 radical (unpaired) electrons. The number of nitrogen functional groups attached to an aromatic ring is 1. The molecule has 0 aliphatic heterocycles. The molecule has 4 heteroatoms. The van der Waals surface area contributed by atoms with Gasteiger partial charge in [-0.15, -0.1) is 0 Å². The Kier molecular flexibility index (Phi) is 4.12. The van der Waals surface area contributed by atoms with Crippen LogP contribution in [0.4, 0.5) is 10.1 Å². The molecule has 0 fully saturated rings. The molecule has 1 aromatic rings. The van der Waals surface area contributed by atoms with Crippen LogP contribution in [-0.4, -0.2) is 18.1 Å². The van der Waals surface area contributed by atoms with Crippen molar-refractivity contribution in [1.29, 1.82) is 0 Å². The maximum absolute atomic E-state index is 13.9. The Morgan fingerprint density at radius 1 is 1.47 bits per heavy atom. The summed E-state index contributed by atoms with van der Waals surface area (Å²) < 4.78 is 13.9. The van der Waals surface area contributed by atoms with E-state index in [-0.39, 0.29) is 17.7 Å². The number of benzene rings is 1. The van der Waals surface area contributed by atoms with Gasteiger partial charge in [-0.25, -0.2) is 4.39 Å². The molecule has 0 aromatic heterocycles. The number of nitrogens with zero attached hydrogens (tertiary/aromatic N) is 1. The number of aryl methyl sites for hydroxylation is 1. The van der Waals surface area contributed by atoms with Crippen molar-refractivity contribution in [2.75, 3.05) is 12.8 Å². The van der Waals surface area contributed by atoms with E-state index in [2.05, 4.69) is 0 Å². The lowest BCUT2D eigenvalue weighted by atomic mass is 10.0. The van der Waals surface area contributed by atoms with Gasteiger partial charge in [-0.05, 0) is 38.0 Å². The lowest BCUT2D eigenvalue weighted by Crippen LogP contribution is -2.32. The summed E-state index contributed by atoms with van der Waals surface area (Å²) in [7, 11) is 1.85. The molecule has 3 nitrogen and oxygen atoms in total. The van der Waals surface area contributed by atoms with Gasteiger partial charge in [-0.2, -0.15) is 0 Å². The predicted octanol–water partition coefficient (Wildman–Crippen LogP) is 2.31. The van der Waals surface area contributed by atoms with Crippen LogP contribution in [0, 0.1) is 12.7 Å². The Labute approximate surface area is 102 Å². The zero-order valence-electron chi connectivity index (χ0n) is 10.8. The number of rotatable bonds is 3. The van der Waals surface area contributed by atoms with E-state index in [0.29, 0.717) is 5.56 Å². The summed E-state index contributed by atoms with van der Waals surface area (Å²) in [6, 6.07) is 3.40. The van der Waals surface area contributed by atoms with E-state index in [4.69, 9.17) is 11.5 Å². The van der Waals surface area contributed by atoms with Gasteiger partial charge in [0, 0.05) is 18.8 Å². The molecule has 0 saturated carbocycles. The van der Waals surface area contributed by atoms with Crippen molar-refractivity contribution >= 4 is 11.3 Å². The molecule has 0 heterocycles. The summed E-state index contributed by atoms with van der Waals surface area (Å²) in [5.41, 5.74) is 13.7. The maximum Gasteiger partial charge on any atom is 0.153 e. The Morgan fingerprint density at radius 3 is 2.59 bits per heavy atom. The van der Waals surface area contributed by atoms with Crippen molar-refractivity contribution < 1.29 is 4.39 Å². The lowest BCUT2D eigenvalue weighted by Gasteiger charge is -2.20. The molecule has 1 aromatic carbocycles. The average Bonchev–Trinajstić information content (AvgIpc) is 2.24. The van der Waals surface area contributed by atoms with Gasteiger partial charge in [-0.1, -0.05) is 6.07 Å². The SMILES string of the molecule is C/C(=C\N(C)C(C)N)c1c(C)ccc(N)c1F.